The predicted octanol–water partition coefficient (Wildman–Crippen LogP) is 0.918. The van der Waals surface area contributed by atoms with Crippen LogP contribution in [0.5, 0.6) is 0 Å². The van der Waals surface area contributed by atoms with E-state index in [1.807, 2.05) is 6.92 Å². The van der Waals surface area contributed by atoms with Gasteiger partial charge < -0.3 is 10.6 Å². The van der Waals surface area contributed by atoms with E-state index in [1.54, 1.807) is 12.1 Å². The van der Waals surface area contributed by atoms with Crippen LogP contribution in [-0.4, -0.2) is 39.5 Å². The van der Waals surface area contributed by atoms with Crippen LogP contribution in [0.1, 0.15) is 41.6 Å². The van der Waals surface area contributed by atoms with Crippen LogP contribution in [0.3, 0.4) is 0 Å². The maximum Gasteiger partial charge on any atom is 0.251 e. The van der Waals surface area contributed by atoms with Crippen molar-refractivity contribution in [2.75, 3.05) is 13.1 Å². The molecule has 0 bridgehead atoms. The minimum Gasteiger partial charge on any atom is -0.348 e. The van der Waals surface area contributed by atoms with Crippen molar-refractivity contribution in [3.05, 3.63) is 29.3 Å². The van der Waals surface area contributed by atoms with Gasteiger partial charge in [0.2, 0.25) is 10.0 Å². The minimum atomic E-state index is -3.55. The maximum atomic E-state index is 12.5. The summed E-state index contributed by atoms with van der Waals surface area (Å²) in [5.41, 5.74) is 1.20. The van der Waals surface area contributed by atoms with Crippen molar-refractivity contribution >= 4 is 15.9 Å². The monoisotopic (exact) mass is 337 g/mol. The molecule has 6 nitrogen and oxygen atoms in total. The number of carbonyl (C=O) groups excluding carboxylic acids is 1. The Balaban J connectivity index is 1.77. The van der Waals surface area contributed by atoms with Crippen molar-refractivity contribution in [1.82, 2.24) is 15.4 Å². The van der Waals surface area contributed by atoms with Gasteiger partial charge >= 0.3 is 0 Å². The fourth-order valence-electron chi connectivity index (χ4n) is 2.74. The zero-order chi connectivity index (χ0) is 16.4. The van der Waals surface area contributed by atoms with Crippen LogP contribution in [0.4, 0.5) is 0 Å². The molecule has 1 saturated heterocycles. The predicted molar refractivity (Wildman–Crippen MR) is 87.9 cm³/mol. The van der Waals surface area contributed by atoms with Crippen molar-refractivity contribution < 1.29 is 13.2 Å². The number of aryl methyl sites for hydroxylation is 1. The number of sulfonamides is 1. The topological polar surface area (TPSA) is 87.3 Å². The molecule has 1 unspecified atom stereocenters. The van der Waals surface area contributed by atoms with E-state index >= 15 is 0 Å². The number of piperidine rings is 1. The molecule has 0 spiro atoms. The number of nitrogens with one attached hydrogen (secondary N) is 3. The highest BCUT2D eigenvalue weighted by molar-refractivity contribution is 7.89. The Morgan fingerprint density at radius 1 is 1.22 bits per heavy atom. The molecule has 1 heterocycles. The second-order valence-electron chi connectivity index (χ2n) is 6.39. The molecule has 0 aromatic heterocycles. The summed E-state index contributed by atoms with van der Waals surface area (Å²) in [7, 11) is -3.55. The van der Waals surface area contributed by atoms with E-state index < -0.39 is 10.0 Å². The normalized spacial score (nSPS) is 21.9. The SMILES string of the molecule is Cc1ccc(S(=O)(=O)NC2CC2)cc1C(=O)NC1CCCNC1. The van der Waals surface area contributed by atoms with Crippen molar-refractivity contribution in [2.45, 2.75) is 49.6 Å². The summed E-state index contributed by atoms with van der Waals surface area (Å²) in [6.45, 7) is 3.55. The van der Waals surface area contributed by atoms with E-state index in [4.69, 9.17) is 0 Å². The Bertz CT molecular complexity index is 693. The van der Waals surface area contributed by atoms with Gasteiger partial charge in [0, 0.05) is 24.2 Å². The lowest BCUT2D eigenvalue weighted by atomic mass is 10.1. The fourth-order valence-corrected chi connectivity index (χ4v) is 4.07. The standard InChI is InChI=1S/C16H23N3O3S/c1-11-4-7-14(23(21,22)19-12-5-6-12)9-15(11)16(20)18-13-3-2-8-17-10-13/h4,7,9,12-13,17,19H,2-3,5-6,8,10H2,1H3,(H,18,20). The van der Waals surface area contributed by atoms with E-state index in [-0.39, 0.29) is 22.9 Å². The van der Waals surface area contributed by atoms with Gasteiger partial charge in [-0.1, -0.05) is 6.07 Å². The molecule has 1 aliphatic carbocycles. The molecular weight excluding hydrogens is 314 g/mol. The van der Waals surface area contributed by atoms with Gasteiger partial charge in [-0.15, -0.1) is 0 Å². The molecule has 23 heavy (non-hydrogen) atoms. The molecule has 3 rings (SSSR count). The molecule has 126 valence electrons. The Morgan fingerprint density at radius 3 is 2.65 bits per heavy atom. The summed E-state index contributed by atoms with van der Waals surface area (Å²) in [4.78, 5) is 12.6. The van der Waals surface area contributed by atoms with Crippen LogP contribution in [0.15, 0.2) is 23.1 Å². The minimum absolute atomic E-state index is 0.0480. The zero-order valence-corrected chi connectivity index (χ0v) is 14.1. The van der Waals surface area contributed by atoms with Crippen LogP contribution >= 0.6 is 0 Å². The van der Waals surface area contributed by atoms with Crippen LogP contribution in [0.2, 0.25) is 0 Å². The molecule has 3 N–H and O–H groups in total. The van der Waals surface area contributed by atoms with Gasteiger partial charge in [0.1, 0.15) is 0 Å². The number of hydrogen-bond acceptors (Lipinski definition) is 4. The molecule has 1 aromatic carbocycles. The molecule has 1 aliphatic heterocycles. The van der Waals surface area contributed by atoms with E-state index in [0.29, 0.717) is 5.56 Å². The van der Waals surface area contributed by atoms with Crippen LogP contribution in [0, 0.1) is 6.92 Å². The average Bonchev–Trinajstić information content (AvgIpc) is 3.31. The lowest BCUT2D eigenvalue weighted by molar-refractivity contribution is 0.0930. The highest BCUT2D eigenvalue weighted by Gasteiger charge is 2.28. The summed E-state index contributed by atoms with van der Waals surface area (Å²) in [5.74, 6) is -0.209. The van der Waals surface area contributed by atoms with Gasteiger partial charge in [-0.05, 0) is 56.8 Å². The third kappa shape index (κ3) is 4.10. The van der Waals surface area contributed by atoms with Crippen LogP contribution in [-0.2, 0) is 10.0 Å². The molecule has 1 amide bonds. The number of amides is 1. The molecule has 7 heteroatoms. The molecule has 1 aromatic rings. The number of rotatable bonds is 5. The Hall–Kier alpha value is -1.44. The summed E-state index contributed by atoms with van der Waals surface area (Å²) in [6, 6.07) is 4.87. The van der Waals surface area contributed by atoms with Crippen LogP contribution < -0.4 is 15.4 Å². The van der Waals surface area contributed by atoms with E-state index in [2.05, 4.69) is 15.4 Å². The zero-order valence-electron chi connectivity index (χ0n) is 13.3. The molecular formula is C16H23N3O3S. The second-order valence-corrected chi connectivity index (χ2v) is 8.10. The van der Waals surface area contributed by atoms with E-state index in [9.17, 15) is 13.2 Å². The molecule has 0 radical (unpaired) electrons. The maximum absolute atomic E-state index is 12.5. The quantitative estimate of drug-likeness (QED) is 0.745. The summed E-state index contributed by atoms with van der Waals surface area (Å²) in [5, 5.41) is 6.24. The Labute approximate surface area is 137 Å². The molecule has 1 saturated carbocycles. The summed E-state index contributed by atoms with van der Waals surface area (Å²) >= 11 is 0. The lowest BCUT2D eigenvalue weighted by Gasteiger charge is -2.24. The second kappa shape index (κ2) is 6.59. The largest absolute Gasteiger partial charge is 0.348 e. The highest BCUT2D eigenvalue weighted by atomic mass is 32.2. The van der Waals surface area contributed by atoms with Crippen molar-refractivity contribution in [3.63, 3.8) is 0 Å². The summed E-state index contributed by atoms with van der Waals surface area (Å²) < 4.78 is 27.3. The molecule has 2 fully saturated rings. The third-order valence-corrected chi connectivity index (χ3v) is 5.81. The fraction of sp³-hybridized carbons (Fsp3) is 0.562. The van der Waals surface area contributed by atoms with Crippen molar-refractivity contribution in [1.29, 1.82) is 0 Å². The number of hydrogen-bond donors (Lipinski definition) is 3. The lowest BCUT2D eigenvalue weighted by Crippen LogP contribution is -2.45. The van der Waals surface area contributed by atoms with Gasteiger partial charge in [-0.25, -0.2) is 13.1 Å². The highest BCUT2D eigenvalue weighted by Crippen LogP contribution is 2.23. The Morgan fingerprint density at radius 2 is 2.00 bits per heavy atom. The smallest absolute Gasteiger partial charge is 0.251 e. The average molecular weight is 337 g/mol. The van der Waals surface area contributed by atoms with Gasteiger partial charge in [0.25, 0.3) is 5.91 Å². The molecule has 2 aliphatic rings. The van der Waals surface area contributed by atoms with Crippen LogP contribution in [0.25, 0.3) is 0 Å². The first-order valence-corrected chi connectivity index (χ1v) is 9.58. The van der Waals surface area contributed by atoms with Crippen molar-refractivity contribution in [3.8, 4) is 0 Å². The molecule has 1 atom stereocenters. The van der Waals surface area contributed by atoms with Crippen molar-refractivity contribution in [2.24, 2.45) is 0 Å². The number of carbonyl (C=O) groups is 1. The number of benzene rings is 1. The van der Waals surface area contributed by atoms with Gasteiger partial charge in [0.05, 0.1) is 4.90 Å². The first-order chi connectivity index (χ1) is 11.0. The third-order valence-electron chi connectivity index (χ3n) is 4.30. The van der Waals surface area contributed by atoms with Gasteiger partial charge in [0.15, 0.2) is 0 Å². The first-order valence-electron chi connectivity index (χ1n) is 8.10. The van der Waals surface area contributed by atoms with Gasteiger partial charge in [-0.3, -0.25) is 4.79 Å². The van der Waals surface area contributed by atoms with E-state index in [1.165, 1.54) is 6.07 Å². The first kappa shape index (κ1) is 16.4. The van der Waals surface area contributed by atoms with E-state index in [0.717, 1.165) is 44.3 Å². The summed E-state index contributed by atoms with van der Waals surface area (Å²) in [6.07, 6.45) is 3.74. The van der Waals surface area contributed by atoms with Gasteiger partial charge in [-0.2, -0.15) is 0 Å². The Kier molecular flexibility index (Phi) is 4.70.